The van der Waals surface area contributed by atoms with Crippen molar-refractivity contribution in [3.63, 3.8) is 0 Å². The second-order valence-corrected chi connectivity index (χ2v) is 6.47. The first-order chi connectivity index (χ1) is 11.3. The van der Waals surface area contributed by atoms with E-state index >= 15 is 0 Å². The van der Waals surface area contributed by atoms with E-state index in [9.17, 15) is 19.2 Å². The topological polar surface area (TPSA) is 105 Å². The van der Waals surface area contributed by atoms with Gasteiger partial charge in [0.05, 0.1) is 0 Å². The molecule has 134 valence electrons. The van der Waals surface area contributed by atoms with Gasteiger partial charge in [0.1, 0.15) is 12.1 Å². The van der Waals surface area contributed by atoms with Crippen LogP contribution >= 0.6 is 0 Å². The van der Waals surface area contributed by atoms with Gasteiger partial charge in [-0.3, -0.25) is 19.3 Å². The molecule has 0 radical (unpaired) electrons. The Balaban J connectivity index is 1.99. The number of nitrogens with zero attached hydrogens (tertiary/aromatic N) is 1. The maximum Gasteiger partial charge on any atom is 0.327 e. The van der Waals surface area contributed by atoms with Crippen molar-refractivity contribution in [3.8, 4) is 0 Å². The van der Waals surface area contributed by atoms with Crippen LogP contribution in [0.5, 0.6) is 0 Å². The molecule has 2 N–H and O–H groups in total. The lowest BCUT2D eigenvalue weighted by Gasteiger charge is -2.36. The average Bonchev–Trinajstić information content (AvgIpc) is 2.75. The molecule has 0 aromatic rings. The number of ether oxygens (including phenoxy) is 1. The lowest BCUT2D eigenvalue weighted by Crippen LogP contribution is -2.54. The monoisotopic (exact) mass is 339 g/mol. The number of rotatable bonds is 5. The standard InChI is InChI=1S/C16H25N3O5/c1-4-17-13(21)11(3)24-12(20)9-19-14(22)16(18-15(19)23)8-6-5-7-10(16)2/h10-11H,4-9H2,1-3H3,(H,17,21)(H,18,23)/t10-,11-,16-/m0/s1. The largest absolute Gasteiger partial charge is 0.451 e. The van der Waals surface area contributed by atoms with Crippen LogP contribution in [0.1, 0.15) is 46.5 Å². The molecule has 2 rings (SSSR count). The fourth-order valence-electron chi connectivity index (χ4n) is 3.37. The van der Waals surface area contributed by atoms with Gasteiger partial charge in [-0.15, -0.1) is 0 Å². The SMILES string of the molecule is CCNC(=O)[C@H](C)OC(=O)CN1C(=O)N[C@]2(CCCC[C@@H]2C)C1=O. The highest BCUT2D eigenvalue weighted by Gasteiger charge is 2.55. The number of likely N-dealkylation sites (N-methyl/N-ethyl adjacent to an activating group) is 1. The summed E-state index contributed by atoms with van der Waals surface area (Å²) < 4.78 is 5.00. The van der Waals surface area contributed by atoms with Gasteiger partial charge in [0.2, 0.25) is 0 Å². The van der Waals surface area contributed by atoms with Crippen molar-refractivity contribution in [2.24, 2.45) is 5.92 Å². The number of imide groups is 1. The first kappa shape index (κ1) is 18.2. The Morgan fingerprint density at radius 1 is 1.42 bits per heavy atom. The van der Waals surface area contributed by atoms with Crippen molar-refractivity contribution in [2.45, 2.75) is 58.1 Å². The molecule has 1 aliphatic carbocycles. The van der Waals surface area contributed by atoms with Gasteiger partial charge < -0.3 is 15.4 Å². The van der Waals surface area contributed by atoms with Crippen LogP contribution in [-0.2, 0) is 19.1 Å². The molecule has 1 saturated carbocycles. The highest BCUT2D eigenvalue weighted by molar-refractivity contribution is 6.09. The fourth-order valence-corrected chi connectivity index (χ4v) is 3.37. The molecule has 0 aromatic heterocycles. The Bertz CT molecular complexity index is 550. The van der Waals surface area contributed by atoms with E-state index in [1.54, 1.807) is 6.92 Å². The quantitative estimate of drug-likeness (QED) is 0.562. The number of hydrogen-bond acceptors (Lipinski definition) is 5. The molecule has 0 unspecified atom stereocenters. The van der Waals surface area contributed by atoms with E-state index < -0.39 is 36.1 Å². The molecular formula is C16H25N3O5. The molecule has 1 saturated heterocycles. The van der Waals surface area contributed by atoms with Gasteiger partial charge in [0, 0.05) is 6.54 Å². The maximum atomic E-state index is 12.7. The van der Waals surface area contributed by atoms with Gasteiger partial charge in [0.25, 0.3) is 11.8 Å². The average molecular weight is 339 g/mol. The molecule has 4 amide bonds. The van der Waals surface area contributed by atoms with Gasteiger partial charge in [-0.1, -0.05) is 19.8 Å². The normalized spacial score (nSPS) is 27.8. The van der Waals surface area contributed by atoms with Crippen LogP contribution in [-0.4, -0.2) is 53.4 Å². The Morgan fingerprint density at radius 3 is 2.75 bits per heavy atom. The third-order valence-corrected chi connectivity index (χ3v) is 4.82. The number of carbonyl (C=O) groups is 4. The summed E-state index contributed by atoms with van der Waals surface area (Å²) in [6, 6.07) is -0.573. The van der Waals surface area contributed by atoms with E-state index in [2.05, 4.69) is 10.6 Å². The number of esters is 1. The molecule has 1 heterocycles. The number of urea groups is 1. The Labute approximate surface area is 141 Å². The van der Waals surface area contributed by atoms with Crippen molar-refractivity contribution in [3.05, 3.63) is 0 Å². The van der Waals surface area contributed by atoms with Crippen LogP contribution in [0.3, 0.4) is 0 Å². The summed E-state index contributed by atoms with van der Waals surface area (Å²) in [5.74, 6) is -1.54. The Kier molecular flexibility index (Phi) is 5.46. The molecule has 24 heavy (non-hydrogen) atoms. The van der Waals surface area contributed by atoms with E-state index in [0.29, 0.717) is 13.0 Å². The minimum Gasteiger partial charge on any atom is -0.451 e. The van der Waals surface area contributed by atoms with Crippen LogP contribution in [0, 0.1) is 5.92 Å². The molecule has 2 aliphatic rings. The Hall–Kier alpha value is -2.12. The summed E-state index contributed by atoms with van der Waals surface area (Å²) in [6.07, 6.45) is 2.36. The minimum atomic E-state index is -0.971. The highest BCUT2D eigenvalue weighted by Crippen LogP contribution is 2.38. The summed E-state index contributed by atoms with van der Waals surface area (Å²) in [5, 5.41) is 5.31. The third-order valence-electron chi connectivity index (χ3n) is 4.82. The number of carbonyl (C=O) groups excluding carboxylic acids is 4. The first-order valence-corrected chi connectivity index (χ1v) is 8.43. The molecular weight excluding hydrogens is 314 g/mol. The third kappa shape index (κ3) is 3.37. The van der Waals surface area contributed by atoms with Gasteiger partial charge in [-0.05, 0) is 32.6 Å². The minimum absolute atomic E-state index is 0.0259. The lowest BCUT2D eigenvalue weighted by atomic mass is 9.73. The second kappa shape index (κ2) is 7.19. The Morgan fingerprint density at radius 2 is 2.12 bits per heavy atom. The van der Waals surface area contributed by atoms with Crippen LogP contribution in [0.15, 0.2) is 0 Å². The summed E-state index contributed by atoms with van der Waals surface area (Å²) in [6.45, 7) is 5.08. The molecule has 3 atom stereocenters. The molecule has 2 fully saturated rings. The number of amides is 4. The smallest absolute Gasteiger partial charge is 0.327 e. The second-order valence-electron chi connectivity index (χ2n) is 6.47. The van der Waals surface area contributed by atoms with E-state index in [-0.39, 0.29) is 11.8 Å². The zero-order valence-electron chi connectivity index (χ0n) is 14.4. The number of nitrogens with one attached hydrogen (secondary N) is 2. The van der Waals surface area contributed by atoms with Crippen molar-refractivity contribution < 1.29 is 23.9 Å². The summed E-state index contributed by atoms with van der Waals surface area (Å²) >= 11 is 0. The van der Waals surface area contributed by atoms with Crippen LogP contribution < -0.4 is 10.6 Å². The molecule has 0 aromatic carbocycles. The summed E-state index contributed by atoms with van der Waals surface area (Å²) in [5.41, 5.74) is -0.902. The van der Waals surface area contributed by atoms with Crippen LogP contribution in [0.25, 0.3) is 0 Å². The molecule has 1 spiro atoms. The molecule has 1 aliphatic heterocycles. The zero-order chi connectivity index (χ0) is 17.9. The predicted octanol–water partition coefficient (Wildman–Crippen LogP) is 0.555. The van der Waals surface area contributed by atoms with Crippen LogP contribution in [0.4, 0.5) is 4.79 Å². The van der Waals surface area contributed by atoms with Crippen molar-refractivity contribution in [2.75, 3.05) is 13.1 Å². The van der Waals surface area contributed by atoms with Gasteiger partial charge in [-0.25, -0.2) is 4.79 Å². The molecule has 0 bridgehead atoms. The van der Waals surface area contributed by atoms with Crippen molar-refractivity contribution in [1.82, 2.24) is 15.5 Å². The summed E-state index contributed by atoms with van der Waals surface area (Å²) in [7, 11) is 0. The van der Waals surface area contributed by atoms with Gasteiger partial charge in [-0.2, -0.15) is 0 Å². The lowest BCUT2D eigenvalue weighted by molar-refractivity contribution is -0.156. The fraction of sp³-hybridized carbons (Fsp3) is 0.750. The maximum absolute atomic E-state index is 12.7. The van der Waals surface area contributed by atoms with E-state index in [4.69, 9.17) is 4.74 Å². The summed E-state index contributed by atoms with van der Waals surface area (Å²) in [4.78, 5) is 49.3. The van der Waals surface area contributed by atoms with Gasteiger partial charge >= 0.3 is 12.0 Å². The molecule has 8 nitrogen and oxygen atoms in total. The number of hydrogen-bond donors (Lipinski definition) is 2. The molecule has 8 heteroatoms. The van der Waals surface area contributed by atoms with E-state index in [0.717, 1.165) is 24.2 Å². The van der Waals surface area contributed by atoms with Crippen molar-refractivity contribution >= 4 is 23.8 Å². The van der Waals surface area contributed by atoms with E-state index in [1.807, 2.05) is 6.92 Å². The predicted molar refractivity (Wildman–Crippen MR) is 84.8 cm³/mol. The highest BCUT2D eigenvalue weighted by atomic mass is 16.5. The first-order valence-electron chi connectivity index (χ1n) is 8.43. The van der Waals surface area contributed by atoms with Gasteiger partial charge in [0.15, 0.2) is 6.10 Å². The zero-order valence-corrected chi connectivity index (χ0v) is 14.4. The van der Waals surface area contributed by atoms with Crippen molar-refractivity contribution in [1.29, 1.82) is 0 Å². The van der Waals surface area contributed by atoms with E-state index in [1.165, 1.54) is 6.92 Å². The van der Waals surface area contributed by atoms with Crippen LogP contribution in [0.2, 0.25) is 0 Å².